The molecule has 106 valence electrons. The molecule has 0 fully saturated rings. The van der Waals surface area contributed by atoms with Gasteiger partial charge in [-0.05, 0) is 24.3 Å². The van der Waals surface area contributed by atoms with Crippen LogP contribution in [-0.4, -0.2) is 0 Å². The van der Waals surface area contributed by atoms with Crippen molar-refractivity contribution in [2.24, 2.45) is 0 Å². The molecule has 0 amide bonds. The molecule has 0 aliphatic heterocycles. The molecule has 0 atom stereocenters. The zero-order valence-corrected chi connectivity index (χ0v) is 10.6. The Bertz CT molecular complexity index is 578. The van der Waals surface area contributed by atoms with Crippen molar-refractivity contribution in [3.63, 3.8) is 0 Å². The zero-order chi connectivity index (χ0) is 14.8. The molecule has 2 rings (SSSR count). The zero-order valence-electron chi connectivity index (χ0n) is 9.84. The minimum Gasteiger partial charge on any atom is -0.377 e. The molecule has 0 bridgehead atoms. The van der Waals surface area contributed by atoms with Crippen LogP contribution in [0.15, 0.2) is 42.5 Å². The Morgan fingerprint density at radius 1 is 1.05 bits per heavy atom. The van der Waals surface area contributed by atoms with Crippen LogP contribution in [0.1, 0.15) is 5.56 Å². The number of nitrogens with one attached hydrogen (secondary N) is 1. The first kappa shape index (κ1) is 14.5. The lowest BCUT2D eigenvalue weighted by atomic mass is 10.2. The van der Waals surface area contributed by atoms with Crippen molar-refractivity contribution in [2.75, 3.05) is 5.48 Å². The summed E-state index contributed by atoms with van der Waals surface area (Å²) in [6.07, 6.45) is -4.67. The Morgan fingerprint density at radius 2 is 1.70 bits per heavy atom. The van der Waals surface area contributed by atoms with Crippen molar-refractivity contribution < 1.29 is 22.4 Å². The second kappa shape index (κ2) is 5.58. The van der Waals surface area contributed by atoms with Gasteiger partial charge in [-0.2, -0.15) is 13.2 Å². The topological polar surface area (TPSA) is 21.3 Å². The molecule has 7 heteroatoms. The van der Waals surface area contributed by atoms with Crippen molar-refractivity contribution in [3.05, 3.63) is 58.9 Å². The summed E-state index contributed by atoms with van der Waals surface area (Å²) in [5.74, 6) is -1.70. The molecule has 0 saturated carbocycles. The highest BCUT2D eigenvalue weighted by Crippen LogP contribution is 2.36. The van der Waals surface area contributed by atoms with E-state index in [4.69, 9.17) is 16.4 Å². The van der Waals surface area contributed by atoms with Crippen LogP contribution in [0.25, 0.3) is 0 Å². The predicted molar refractivity (Wildman–Crippen MR) is 67.1 cm³/mol. The average molecular weight is 306 g/mol. The van der Waals surface area contributed by atoms with Gasteiger partial charge < -0.3 is 4.84 Å². The van der Waals surface area contributed by atoms with E-state index in [2.05, 4.69) is 5.48 Å². The predicted octanol–water partition coefficient (Wildman–Crippen LogP) is 4.90. The highest BCUT2D eigenvalue weighted by molar-refractivity contribution is 6.32. The van der Waals surface area contributed by atoms with Crippen LogP contribution in [0.2, 0.25) is 5.02 Å². The van der Waals surface area contributed by atoms with Gasteiger partial charge in [0.1, 0.15) is 0 Å². The largest absolute Gasteiger partial charge is 0.416 e. The van der Waals surface area contributed by atoms with E-state index in [1.54, 1.807) is 30.3 Å². The van der Waals surface area contributed by atoms with E-state index in [0.29, 0.717) is 17.8 Å². The molecule has 0 aliphatic rings. The molecular formula is C13H8ClF4NO. The highest BCUT2D eigenvalue weighted by atomic mass is 35.5. The lowest BCUT2D eigenvalue weighted by Gasteiger charge is -2.13. The number of para-hydroxylation sites is 1. The van der Waals surface area contributed by atoms with E-state index in [0.717, 1.165) is 0 Å². The van der Waals surface area contributed by atoms with Gasteiger partial charge in [-0.3, -0.25) is 0 Å². The summed E-state index contributed by atoms with van der Waals surface area (Å²) >= 11 is 5.60. The molecule has 2 aromatic rings. The van der Waals surface area contributed by atoms with E-state index >= 15 is 0 Å². The number of halogens is 5. The van der Waals surface area contributed by atoms with E-state index in [1.165, 1.54) is 0 Å². The van der Waals surface area contributed by atoms with E-state index in [-0.39, 0.29) is 0 Å². The smallest absolute Gasteiger partial charge is 0.377 e. The third kappa shape index (κ3) is 3.33. The first-order valence-electron chi connectivity index (χ1n) is 5.42. The monoisotopic (exact) mass is 305 g/mol. The Morgan fingerprint density at radius 3 is 2.25 bits per heavy atom. The number of hydrogen-bond acceptors (Lipinski definition) is 2. The van der Waals surface area contributed by atoms with Crippen LogP contribution in [0, 0.1) is 5.82 Å². The van der Waals surface area contributed by atoms with Crippen LogP contribution in [0.4, 0.5) is 23.2 Å². The average Bonchev–Trinajstić information content (AvgIpc) is 2.37. The van der Waals surface area contributed by atoms with Gasteiger partial charge in [0.25, 0.3) is 0 Å². The fraction of sp³-hybridized carbons (Fsp3) is 0.0769. The van der Waals surface area contributed by atoms with Crippen LogP contribution in [-0.2, 0) is 6.18 Å². The second-order valence-corrected chi connectivity index (χ2v) is 4.24. The molecular weight excluding hydrogens is 298 g/mol. The molecule has 0 radical (unpaired) electrons. The maximum atomic E-state index is 13.6. The van der Waals surface area contributed by atoms with Crippen molar-refractivity contribution in [3.8, 4) is 5.75 Å². The van der Waals surface area contributed by atoms with E-state index in [9.17, 15) is 17.6 Å². The molecule has 2 nitrogen and oxygen atoms in total. The Kier molecular flexibility index (Phi) is 4.04. The van der Waals surface area contributed by atoms with Gasteiger partial charge in [0.15, 0.2) is 5.82 Å². The minimum absolute atomic E-state index is 0.327. The highest BCUT2D eigenvalue weighted by Gasteiger charge is 2.32. The first-order valence-corrected chi connectivity index (χ1v) is 5.80. The Labute approximate surface area is 116 Å². The van der Waals surface area contributed by atoms with Crippen LogP contribution < -0.4 is 10.3 Å². The number of rotatable bonds is 3. The van der Waals surface area contributed by atoms with Crippen LogP contribution in [0.3, 0.4) is 0 Å². The van der Waals surface area contributed by atoms with Gasteiger partial charge in [0.2, 0.25) is 5.75 Å². The van der Waals surface area contributed by atoms with Crippen molar-refractivity contribution >= 4 is 17.3 Å². The number of anilines is 1. The fourth-order valence-electron chi connectivity index (χ4n) is 1.44. The van der Waals surface area contributed by atoms with E-state index in [1.807, 2.05) is 0 Å². The summed E-state index contributed by atoms with van der Waals surface area (Å²) < 4.78 is 50.9. The quantitative estimate of drug-likeness (QED) is 0.643. The lowest BCUT2D eigenvalue weighted by molar-refractivity contribution is -0.137. The second-order valence-electron chi connectivity index (χ2n) is 3.84. The summed E-state index contributed by atoms with van der Waals surface area (Å²) in [6, 6.07) is 9.37. The lowest BCUT2D eigenvalue weighted by Crippen LogP contribution is -2.09. The summed E-state index contributed by atoms with van der Waals surface area (Å²) in [7, 11) is 0. The van der Waals surface area contributed by atoms with Gasteiger partial charge in [0.05, 0.1) is 16.3 Å². The number of hydrogen-bond donors (Lipinski definition) is 1. The normalized spacial score (nSPS) is 11.2. The molecule has 0 heterocycles. The SMILES string of the molecule is Fc1cc(C(F)(F)F)cc(Cl)c1ONc1ccccc1. The molecule has 2 aromatic carbocycles. The van der Waals surface area contributed by atoms with Crippen molar-refractivity contribution in [1.29, 1.82) is 0 Å². The fourth-order valence-corrected chi connectivity index (χ4v) is 1.68. The molecule has 0 aliphatic carbocycles. The number of benzene rings is 2. The third-order valence-corrected chi connectivity index (χ3v) is 2.65. The Hall–Kier alpha value is -1.95. The number of alkyl halides is 3. The summed E-state index contributed by atoms with van der Waals surface area (Å²) in [5.41, 5.74) is 1.72. The molecule has 0 unspecified atom stereocenters. The maximum absolute atomic E-state index is 13.6. The van der Waals surface area contributed by atoms with Gasteiger partial charge in [0, 0.05) is 0 Å². The third-order valence-electron chi connectivity index (χ3n) is 2.37. The molecule has 0 aromatic heterocycles. The van der Waals surface area contributed by atoms with Crippen molar-refractivity contribution in [2.45, 2.75) is 6.18 Å². The van der Waals surface area contributed by atoms with Crippen molar-refractivity contribution in [1.82, 2.24) is 0 Å². The van der Waals surface area contributed by atoms with Gasteiger partial charge >= 0.3 is 6.18 Å². The van der Waals surface area contributed by atoms with Crippen LogP contribution in [0.5, 0.6) is 5.75 Å². The maximum Gasteiger partial charge on any atom is 0.416 e. The first-order chi connectivity index (χ1) is 9.38. The summed E-state index contributed by atoms with van der Waals surface area (Å²) in [4.78, 5) is 4.90. The van der Waals surface area contributed by atoms with Crippen LogP contribution >= 0.6 is 11.6 Å². The van der Waals surface area contributed by atoms with E-state index < -0.39 is 28.3 Å². The molecule has 20 heavy (non-hydrogen) atoms. The summed E-state index contributed by atoms with van der Waals surface area (Å²) in [5, 5.41) is -0.472. The molecule has 1 N–H and O–H groups in total. The van der Waals surface area contributed by atoms with Gasteiger partial charge in [-0.15, -0.1) is 0 Å². The molecule has 0 spiro atoms. The van der Waals surface area contributed by atoms with Gasteiger partial charge in [-0.1, -0.05) is 29.8 Å². The summed E-state index contributed by atoms with van der Waals surface area (Å²) in [6.45, 7) is 0. The molecule has 0 saturated heterocycles. The standard InChI is InChI=1S/C13H8ClF4NO/c14-10-6-8(13(16,17)18)7-11(15)12(10)20-19-9-4-2-1-3-5-9/h1-7,19H. The minimum atomic E-state index is -4.67. The Balaban J connectivity index is 2.21. The van der Waals surface area contributed by atoms with Gasteiger partial charge in [-0.25, -0.2) is 9.87 Å².